The van der Waals surface area contributed by atoms with E-state index in [0.717, 1.165) is 32.3 Å². The fourth-order valence-electron chi connectivity index (χ4n) is 1.90. The average molecular weight is 282 g/mol. The van der Waals surface area contributed by atoms with Crippen LogP contribution in [-0.4, -0.2) is 7.11 Å². The molecule has 0 fully saturated rings. The van der Waals surface area contributed by atoms with Gasteiger partial charge in [0, 0.05) is 15.3 Å². The second-order valence-corrected chi connectivity index (χ2v) is 5.67. The van der Waals surface area contributed by atoms with Crippen molar-refractivity contribution in [2.45, 2.75) is 19.9 Å². The van der Waals surface area contributed by atoms with E-state index in [1.54, 1.807) is 18.4 Å². The maximum atomic E-state index is 6.32. The summed E-state index contributed by atoms with van der Waals surface area (Å²) in [5.74, 6) is 0.855. The number of hydrogen-bond donors (Lipinski definition) is 1. The molecule has 2 N–H and O–H groups in total. The van der Waals surface area contributed by atoms with Crippen LogP contribution in [0.1, 0.15) is 27.6 Å². The minimum Gasteiger partial charge on any atom is -0.496 e. The highest BCUT2D eigenvalue weighted by atomic mass is 35.5. The highest BCUT2D eigenvalue weighted by molar-refractivity contribution is 7.10. The minimum absolute atomic E-state index is 0.130. The van der Waals surface area contributed by atoms with E-state index in [-0.39, 0.29) is 6.04 Å². The lowest BCUT2D eigenvalue weighted by molar-refractivity contribution is 0.416. The van der Waals surface area contributed by atoms with Gasteiger partial charge in [0.25, 0.3) is 0 Å². The van der Waals surface area contributed by atoms with Gasteiger partial charge in [0.2, 0.25) is 0 Å². The normalized spacial score (nSPS) is 12.5. The molecule has 2 rings (SSSR count). The second-order valence-electron chi connectivity index (χ2n) is 4.32. The predicted molar refractivity (Wildman–Crippen MR) is 77.8 cm³/mol. The van der Waals surface area contributed by atoms with E-state index in [0.29, 0.717) is 0 Å². The van der Waals surface area contributed by atoms with Gasteiger partial charge in [-0.1, -0.05) is 17.7 Å². The molecular formula is C14H16ClNOS. The quantitative estimate of drug-likeness (QED) is 0.920. The summed E-state index contributed by atoms with van der Waals surface area (Å²) in [5.41, 5.74) is 9.60. The number of benzene rings is 1. The molecule has 18 heavy (non-hydrogen) atoms. The van der Waals surface area contributed by atoms with Gasteiger partial charge in [0.15, 0.2) is 0 Å². The fraction of sp³-hybridized carbons (Fsp3) is 0.286. The highest BCUT2D eigenvalue weighted by Gasteiger charge is 2.15. The third-order valence-electron chi connectivity index (χ3n) is 3.02. The zero-order valence-electron chi connectivity index (χ0n) is 10.7. The van der Waals surface area contributed by atoms with Crippen molar-refractivity contribution in [3.63, 3.8) is 0 Å². The van der Waals surface area contributed by atoms with E-state index in [4.69, 9.17) is 22.1 Å². The monoisotopic (exact) mass is 281 g/mol. The molecule has 0 bridgehead atoms. The first-order valence-electron chi connectivity index (χ1n) is 5.67. The Hall–Kier alpha value is -1.03. The average Bonchev–Trinajstić information content (AvgIpc) is 2.81. The van der Waals surface area contributed by atoms with E-state index < -0.39 is 0 Å². The molecule has 0 aliphatic heterocycles. The summed E-state index contributed by atoms with van der Waals surface area (Å²) in [6, 6.07) is 5.89. The van der Waals surface area contributed by atoms with Crippen LogP contribution in [-0.2, 0) is 0 Å². The molecule has 0 spiro atoms. The lowest BCUT2D eigenvalue weighted by Crippen LogP contribution is -2.12. The largest absolute Gasteiger partial charge is 0.496 e. The van der Waals surface area contributed by atoms with Crippen LogP contribution in [0.5, 0.6) is 5.75 Å². The maximum Gasteiger partial charge on any atom is 0.129 e. The van der Waals surface area contributed by atoms with Crippen LogP contribution in [0.25, 0.3) is 0 Å². The van der Waals surface area contributed by atoms with E-state index in [1.807, 2.05) is 31.4 Å². The van der Waals surface area contributed by atoms with Crippen molar-refractivity contribution in [3.8, 4) is 5.75 Å². The Balaban J connectivity index is 2.39. The van der Waals surface area contributed by atoms with Gasteiger partial charge in [-0.3, -0.25) is 0 Å². The van der Waals surface area contributed by atoms with Gasteiger partial charge >= 0.3 is 0 Å². The third-order valence-corrected chi connectivity index (χ3v) is 4.42. The highest BCUT2D eigenvalue weighted by Crippen LogP contribution is 2.32. The standard InChI is InChI=1S/C14H16ClNOS/c1-8-5-12(15)9(2)4-11(8)14(16)13-6-10(17-3)7-18-13/h4-7,14H,16H2,1-3H3. The maximum absolute atomic E-state index is 6.32. The number of thiophene rings is 1. The topological polar surface area (TPSA) is 35.2 Å². The number of methoxy groups -OCH3 is 1. The van der Waals surface area contributed by atoms with Gasteiger partial charge in [-0.25, -0.2) is 0 Å². The van der Waals surface area contributed by atoms with Crippen molar-refractivity contribution >= 4 is 22.9 Å². The zero-order chi connectivity index (χ0) is 13.3. The Morgan fingerprint density at radius 1 is 1.22 bits per heavy atom. The number of hydrogen-bond acceptors (Lipinski definition) is 3. The van der Waals surface area contributed by atoms with E-state index in [9.17, 15) is 0 Å². The van der Waals surface area contributed by atoms with Gasteiger partial charge < -0.3 is 10.5 Å². The fourth-order valence-corrected chi connectivity index (χ4v) is 2.99. The molecule has 0 radical (unpaired) electrons. The Morgan fingerprint density at radius 2 is 1.94 bits per heavy atom. The van der Waals surface area contributed by atoms with E-state index >= 15 is 0 Å². The number of aryl methyl sites for hydroxylation is 2. The summed E-state index contributed by atoms with van der Waals surface area (Å²) in [6.45, 7) is 4.03. The van der Waals surface area contributed by atoms with E-state index in [2.05, 4.69) is 6.07 Å². The predicted octanol–water partition coefficient (Wildman–Crippen LogP) is 4.08. The summed E-state index contributed by atoms with van der Waals surface area (Å²) in [7, 11) is 1.66. The van der Waals surface area contributed by atoms with Crippen molar-refractivity contribution < 1.29 is 4.74 Å². The van der Waals surface area contributed by atoms with Crippen LogP contribution in [0.2, 0.25) is 5.02 Å². The molecule has 1 aromatic carbocycles. The molecule has 0 saturated heterocycles. The molecule has 0 saturated carbocycles. The van der Waals surface area contributed by atoms with Gasteiger partial charge in [0.1, 0.15) is 5.75 Å². The SMILES string of the molecule is COc1csc(C(N)c2cc(C)c(Cl)cc2C)c1. The Morgan fingerprint density at radius 3 is 2.56 bits per heavy atom. The summed E-state index contributed by atoms with van der Waals surface area (Å²) < 4.78 is 5.19. The van der Waals surface area contributed by atoms with Crippen molar-refractivity contribution in [1.82, 2.24) is 0 Å². The molecule has 96 valence electrons. The molecule has 0 amide bonds. The lowest BCUT2D eigenvalue weighted by atomic mass is 9.98. The van der Waals surface area contributed by atoms with Crippen molar-refractivity contribution in [2.75, 3.05) is 7.11 Å². The van der Waals surface area contributed by atoms with Crippen LogP contribution in [0.4, 0.5) is 0 Å². The number of nitrogens with two attached hydrogens (primary N) is 1. The van der Waals surface area contributed by atoms with Crippen LogP contribution in [0.15, 0.2) is 23.6 Å². The first kappa shape index (κ1) is 13.4. The third kappa shape index (κ3) is 2.53. The molecule has 1 heterocycles. The number of ether oxygens (including phenoxy) is 1. The Kier molecular flexibility index (Phi) is 3.95. The van der Waals surface area contributed by atoms with Crippen LogP contribution >= 0.6 is 22.9 Å². The number of rotatable bonds is 3. The van der Waals surface area contributed by atoms with Crippen LogP contribution in [0, 0.1) is 13.8 Å². The second kappa shape index (κ2) is 5.31. The van der Waals surface area contributed by atoms with Gasteiger partial charge in [-0.2, -0.15) is 0 Å². The van der Waals surface area contributed by atoms with Gasteiger partial charge in [0.05, 0.1) is 13.2 Å². The smallest absolute Gasteiger partial charge is 0.129 e. The minimum atomic E-state index is -0.130. The molecule has 0 aliphatic rings. The summed E-state index contributed by atoms with van der Waals surface area (Å²) in [4.78, 5) is 1.09. The molecule has 2 aromatic rings. The summed E-state index contributed by atoms with van der Waals surface area (Å²) in [6.07, 6.45) is 0. The first-order valence-corrected chi connectivity index (χ1v) is 6.93. The Bertz CT molecular complexity index is 565. The molecular weight excluding hydrogens is 266 g/mol. The Labute approximate surface area is 116 Å². The molecule has 2 nitrogen and oxygen atoms in total. The summed E-state index contributed by atoms with van der Waals surface area (Å²) >= 11 is 7.72. The first-order chi connectivity index (χ1) is 8.52. The van der Waals surface area contributed by atoms with Crippen molar-refractivity contribution in [3.05, 3.63) is 50.2 Å². The number of halogens is 1. The molecule has 1 aromatic heterocycles. The molecule has 1 unspecified atom stereocenters. The lowest BCUT2D eigenvalue weighted by Gasteiger charge is -2.15. The van der Waals surface area contributed by atoms with Gasteiger partial charge in [-0.15, -0.1) is 11.3 Å². The molecule has 0 aliphatic carbocycles. The molecule has 4 heteroatoms. The van der Waals surface area contributed by atoms with Gasteiger partial charge in [-0.05, 0) is 42.7 Å². The molecule has 1 atom stereocenters. The van der Waals surface area contributed by atoms with Crippen LogP contribution in [0.3, 0.4) is 0 Å². The van der Waals surface area contributed by atoms with Crippen molar-refractivity contribution in [1.29, 1.82) is 0 Å². The van der Waals surface area contributed by atoms with E-state index in [1.165, 1.54) is 0 Å². The zero-order valence-corrected chi connectivity index (χ0v) is 12.2. The van der Waals surface area contributed by atoms with Crippen molar-refractivity contribution in [2.24, 2.45) is 5.73 Å². The van der Waals surface area contributed by atoms with Crippen LogP contribution < -0.4 is 10.5 Å². The summed E-state index contributed by atoms with van der Waals surface area (Å²) in [5, 5.41) is 2.75.